The van der Waals surface area contributed by atoms with E-state index in [2.05, 4.69) is 27.9 Å². The number of aliphatic hydroxyl groups is 1. The first kappa shape index (κ1) is 21.8. The van der Waals surface area contributed by atoms with Gasteiger partial charge in [-0.2, -0.15) is 0 Å². The van der Waals surface area contributed by atoms with Gasteiger partial charge in [0.05, 0.1) is 31.6 Å². The van der Waals surface area contributed by atoms with E-state index >= 15 is 0 Å². The van der Waals surface area contributed by atoms with Crippen molar-refractivity contribution < 1.29 is 14.6 Å². The van der Waals surface area contributed by atoms with Gasteiger partial charge in [-0.1, -0.05) is 0 Å². The zero-order valence-electron chi connectivity index (χ0n) is 18.9. The van der Waals surface area contributed by atoms with Gasteiger partial charge in [-0.05, 0) is 31.9 Å². The molecule has 5 heterocycles. The Labute approximate surface area is 192 Å². The summed E-state index contributed by atoms with van der Waals surface area (Å²) in [7, 11) is 0. The molecule has 3 aromatic rings. The van der Waals surface area contributed by atoms with Gasteiger partial charge in [-0.3, -0.25) is 4.79 Å². The fourth-order valence-electron chi connectivity index (χ4n) is 4.85. The number of carbonyl (C=O) groups is 1. The number of likely N-dealkylation sites (tertiary alicyclic amines) is 1. The van der Waals surface area contributed by atoms with Crippen molar-refractivity contribution in [3.63, 3.8) is 0 Å². The number of ether oxygens (including phenoxy) is 1. The zero-order chi connectivity index (χ0) is 22.8. The summed E-state index contributed by atoms with van der Waals surface area (Å²) in [6.45, 7) is 5.48. The van der Waals surface area contributed by atoms with Gasteiger partial charge >= 0.3 is 0 Å². The van der Waals surface area contributed by atoms with Crippen LogP contribution in [0.1, 0.15) is 37.8 Å². The van der Waals surface area contributed by atoms with E-state index in [1.807, 2.05) is 23.2 Å². The number of nitrogens with zero attached hydrogens (tertiary/aromatic N) is 5. The van der Waals surface area contributed by atoms with Crippen molar-refractivity contribution >= 4 is 22.8 Å². The number of aliphatic hydroxyl groups excluding tert-OH is 1. The zero-order valence-corrected chi connectivity index (χ0v) is 18.9. The number of carbonyl (C=O) groups excluding carboxylic acids is 1. The van der Waals surface area contributed by atoms with Crippen LogP contribution in [0.5, 0.6) is 0 Å². The average molecular weight is 451 g/mol. The summed E-state index contributed by atoms with van der Waals surface area (Å²) in [5, 5.41) is 10.2. The molecule has 174 valence electrons. The molecule has 0 aromatic carbocycles. The van der Waals surface area contributed by atoms with E-state index in [-0.39, 0.29) is 30.9 Å². The molecule has 0 radical (unpaired) electrons. The van der Waals surface area contributed by atoms with Crippen molar-refractivity contribution in [1.82, 2.24) is 24.8 Å². The highest BCUT2D eigenvalue weighted by molar-refractivity contribution is 5.91. The molecule has 3 aromatic heterocycles. The number of anilines is 1. The number of hydrogen-bond donors (Lipinski definition) is 2. The van der Waals surface area contributed by atoms with Crippen molar-refractivity contribution in [2.75, 3.05) is 44.4 Å². The third-order valence-corrected chi connectivity index (χ3v) is 6.61. The highest BCUT2D eigenvalue weighted by Crippen LogP contribution is 2.32. The molecule has 5 rings (SSSR count). The molecule has 1 amide bonds. The number of piperidine rings is 1. The summed E-state index contributed by atoms with van der Waals surface area (Å²) in [4.78, 5) is 34.2. The number of amides is 1. The average Bonchev–Trinajstić information content (AvgIpc) is 3.33. The van der Waals surface area contributed by atoms with Crippen LogP contribution in [0.25, 0.3) is 22.4 Å². The standard InChI is InChI=1S/C24H30N6O3/c1-16-15-33-12-10-30(16)21-13-20(17-3-2-9-29(14-17)22(32)6-11-31)27-24(28-21)19-5-8-26-23-18(19)4-7-25-23/h4-5,7-8,13,16-17,31H,2-3,6,9-12,14-15H2,1H3,(H,25,26)/t16-,17?/m1/s1. The molecule has 0 bridgehead atoms. The number of morpholine rings is 1. The van der Waals surface area contributed by atoms with Crippen molar-refractivity contribution in [2.24, 2.45) is 0 Å². The summed E-state index contributed by atoms with van der Waals surface area (Å²) in [5.74, 6) is 1.69. The number of hydrogen-bond acceptors (Lipinski definition) is 7. The number of aromatic nitrogens is 4. The summed E-state index contributed by atoms with van der Waals surface area (Å²) in [6, 6.07) is 6.26. The molecule has 2 aliphatic heterocycles. The fourth-order valence-corrected chi connectivity index (χ4v) is 4.85. The van der Waals surface area contributed by atoms with Gasteiger partial charge in [-0.15, -0.1) is 0 Å². The summed E-state index contributed by atoms with van der Waals surface area (Å²) < 4.78 is 5.64. The number of fused-ring (bicyclic) bond motifs is 1. The molecule has 2 N–H and O–H groups in total. The first-order valence-electron chi connectivity index (χ1n) is 11.7. The number of rotatable bonds is 5. The van der Waals surface area contributed by atoms with Crippen LogP contribution in [0.2, 0.25) is 0 Å². The molecule has 9 nitrogen and oxygen atoms in total. The molecule has 33 heavy (non-hydrogen) atoms. The molecule has 0 saturated carbocycles. The minimum Gasteiger partial charge on any atom is -0.396 e. The molecular formula is C24H30N6O3. The molecule has 2 aliphatic rings. The second-order valence-electron chi connectivity index (χ2n) is 8.84. The van der Waals surface area contributed by atoms with Gasteiger partial charge in [0.2, 0.25) is 5.91 Å². The van der Waals surface area contributed by atoms with Crippen molar-refractivity contribution in [2.45, 2.75) is 38.1 Å². The molecular weight excluding hydrogens is 420 g/mol. The Bertz CT molecular complexity index is 1130. The number of pyridine rings is 1. The first-order chi connectivity index (χ1) is 16.1. The van der Waals surface area contributed by atoms with Crippen LogP contribution in [0, 0.1) is 0 Å². The Balaban J connectivity index is 1.56. The first-order valence-corrected chi connectivity index (χ1v) is 11.7. The van der Waals surface area contributed by atoms with Gasteiger partial charge < -0.3 is 24.6 Å². The van der Waals surface area contributed by atoms with Crippen molar-refractivity contribution in [3.8, 4) is 11.4 Å². The lowest BCUT2D eigenvalue weighted by molar-refractivity contribution is -0.133. The van der Waals surface area contributed by atoms with Gasteiger partial charge in [-0.25, -0.2) is 15.0 Å². The minimum atomic E-state index is -0.120. The van der Waals surface area contributed by atoms with Crippen LogP contribution in [0.4, 0.5) is 5.82 Å². The van der Waals surface area contributed by atoms with E-state index in [1.54, 1.807) is 6.20 Å². The van der Waals surface area contributed by atoms with E-state index < -0.39 is 0 Å². The van der Waals surface area contributed by atoms with Crippen molar-refractivity contribution in [3.05, 3.63) is 36.3 Å². The van der Waals surface area contributed by atoms with Crippen LogP contribution in [0.3, 0.4) is 0 Å². The maximum absolute atomic E-state index is 12.4. The third kappa shape index (κ3) is 4.43. The number of nitrogens with one attached hydrogen (secondary N) is 1. The smallest absolute Gasteiger partial charge is 0.224 e. The molecule has 9 heteroatoms. The highest BCUT2D eigenvalue weighted by atomic mass is 16.5. The Morgan fingerprint density at radius 2 is 2.21 bits per heavy atom. The van der Waals surface area contributed by atoms with Crippen LogP contribution >= 0.6 is 0 Å². The molecule has 0 spiro atoms. The Hall–Kier alpha value is -3.04. The lowest BCUT2D eigenvalue weighted by Crippen LogP contribution is -2.44. The predicted octanol–water partition coefficient (Wildman–Crippen LogP) is 2.33. The van der Waals surface area contributed by atoms with Crippen LogP contribution in [0.15, 0.2) is 30.6 Å². The number of aromatic amines is 1. The summed E-state index contributed by atoms with van der Waals surface area (Å²) in [6.07, 6.45) is 5.70. The number of H-pyrrole nitrogens is 1. The second-order valence-corrected chi connectivity index (χ2v) is 8.84. The second kappa shape index (κ2) is 9.44. The molecule has 1 unspecified atom stereocenters. The van der Waals surface area contributed by atoms with Gasteiger partial charge in [0.1, 0.15) is 11.5 Å². The maximum atomic E-state index is 12.4. The van der Waals surface area contributed by atoms with Crippen LogP contribution < -0.4 is 4.90 Å². The molecule has 0 aliphatic carbocycles. The van der Waals surface area contributed by atoms with E-state index in [0.717, 1.165) is 54.0 Å². The highest BCUT2D eigenvalue weighted by Gasteiger charge is 2.28. The Kier molecular flexibility index (Phi) is 6.24. The lowest BCUT2D eigenvalue weighted by Gasteiger charge is -2.36. The van der Waals surface area contributed by atoms with E-state index in [0.29, 0.717) is 25.6 Å². The quantitative estimate of drug-likeness (QED) is 0.614. The van der Waals surface area contributed by atoms with Gasteiger partial charge in [0, 0.05) is 61.4 Å². The fraction of sp³-hybridized carbons (Fsp3) is 0.500. The summed E-state index contributed by atoms with van der Waals surface area (Å²) in [5.41, 5.74) is 2.70. The largest absolute Gasteiger partial charge is 0.396 e. The topological polar surface area (TPSA) is 107 Å². The van der Waals surface area contributed by atoms with Crippen LogP contribution in [-0.2, 0) is 9.53 Å². The molecule has 2 fully saturated rings. The Morgan fingerprint density at radius 1 is 1.30 bits per heavy atom. The third-order valence-electron chi connectivity index (χ3n) is 6.61. The Morgan fingerprint density at radius 3 is 3.06 bits per heavy atom. The van der Waals surface area contributed by atoms with Crippen LogP contribution in [-0.4, -0.2) is 81.3 Å². The predicted molar refractivity (Wildman–Crippen MR) is 125 cm³/mol. The molecule has 2 atom stereocenters. The normalized spacial score (nSPS) is 21.5. The maximum Gasteiger partial charge on any atom is 0.224 e. The van der Waals surface area contributed by atoms with Gasteiger partial charge in [0.15, 0.2) is 5.82 Å². The van der Waals surface area contributed by atoms with E-state index in [4.69, 9.17) is 14.7 Å². The van der Waals surface area contributed by atoms with E-state index in [9.17, 15) is 9.90 Å². The van der Waals surface area contributed by atoms with Crippen molar-refractivity contribution in [1.29, 1.82) is 0 Å². The minimum absolute atomic E-state index is 0.00155. The molecule has 2 saturated heterocycles. The lowest BCUT2D eigenvalue weighted by atomic mass is 9.93. The van der Waals surface area contributed by atoms with Gasteiger partial charge in [0.25, 0.3) is 0 Å². The SMILES string of the molecule is C[C@@H]1COCCN1c1cc(C2CCCN(C(=O)CCO)C2)nc(-c2ccnc3[nH]ccc23)n1. The summed E-state index contributed by atoms with van der Waals surface area (Å²) >= 11 is 0. The van der Waals surface area contributed by atoms with E-state index in [1.165, 1.54) is 0 Å². The monoisotopic (exact) mass is 450 g/mol.